The molecule has 1 aliphatic heterocycles. The smallest absolute Gasteiger partial charge is 0.228 e. The minimum absolute atomic E-state index is 0.257. The van der Waals surface area contributed by atoms with Crippen molar-refractivity contribution in [1.82, 2.24) is 5.32 Å². The standard InChI is InChI=1S/C14H20N2O2/c1-10-3-4-12(18-2)11(9-10)14(13(15)17)5-7-16-8-6-14/h3-4,9,16H,5-8H2,1-2H3,(H2,15,17). The van der Waals surface area contributed by atoms with Crippen molar-refractivity contribution in [2.45, 2.75) is 25.2 Å². The van der Waals surface area contributed by atoms with E-state index in [0.717, 1.165) is 42.8 Å². The van der Waals surface area contributed by atoms with Gasteiger partial charge in [-0.1, -0.05) is 17.7 Å². The molecule has 0 atom stereocenters. The fourth-order valence-corrected chi connectivity index (χ4v) is 2.70. The van der Waals surface area contributed by atoms with Crippen molar-refractivity contribution in [1.29, 1.82) is 0 Å². The highest BCUT2D eigenvalue weighted by Gasteiger charge is 2.41. The number of piperidine rings is 1. The molecule has 0 bridgehead atoms. The molecule has 2 rings (SSSR count). The third-order valence-corrected chi connectivity index (χ3v) is 3.80. The number of nitrogens with two attached hydrogens (primary N) is 1. The summed E-state index contributed by atoms with van der Waals surface area (Å²) >= 11 is 0. The first-order valence-electron chi connectivity index (χ1n) is 6.26. The SMILES string of the molecule is COc1ccc(C)cc1C1(C(N)=O)CCNCC1. The van der Waals surface area contributed by atoms with Crippen molar-refractivity contribution in [2.24, 2.45) is 5.73 Å². The number of ether oxygens (including phenoxy) is 1. The minimum atomic E-state index is -0.595. The summed E-state index contributed by atoms with van der Waals surface area (Å²) in [6, 6.07) is 5.92. The number of benzene rings is 1. The molecular formula is C14H20N2O2. The Hall–Kier alpha value is -1.55. The Morgan fingerprint density at radius 1 is 1.39 bits per heavy atom. The van der Waals surface area contributed by atoms with Crippen molar-refractivity contribution in [2.75, 3.05) is 20.2 Å². The van der Waals surface area contributed by atoms with Crippen molar-refractivity contribution in [3.05, 3.63) is 29.3 Å². The Bertz CT molecular complexity index is 451. The maximum Gasteiger partial charge on any atom is 0.228 e. The molecule has 4 heteroatoms. The second-order valence-electron chi connectivity index (χ2n) is 4.90. The molecule has 1 saturated heterocycles. The Morgan fingerprint density at radius 3 is 2.61 bits per heavy atom. The Morgan fingerprint density at radius 2 is 2.06 bits per heavy atom. The van der Waals surface area contributed by atoms with E-state index >= 15 is 0 Å². The first-order chi connectivity index (χ1) is 8.60. The first-order valence-corrected chi connectivity index (χ1v) is 6.26. The van der Waals surface area contributed by atoms with Gasteiger partial charge in [-0.15, -0.1) is 0 Å². The molecule has 0 aliphatic carbocycles. The van der Waals surface area contributed by atoms with Crippen LogP contribution in [0.4, 0.5) is 0 Å². The topological polar surface area (TPSA) is 64.3 Å². The van der Waals surface area contributed by atoms with Crippen LogP contribution in [0.5, 0.6) is 5.75 Å². The molecule has 0 spiro atoms. The van der Waals surface area contributed by atoms with Crippen LogP contribution in [0.3, 0.4) is 0 Å². The van der Waals surface area contributed by atoms with E-state index in [9.17, 15) is 4.79 Å². The van der Waals surface area contributed by atoms with Crippen LogP contribution < -0.4 is 15.8 Å². The van der Waals surface area contributed by atoms with Crippen molar-refractivity contribution >= 4 is 5.91 Å². The number of hydrogen-bond donors (Lipinski definition) is 2. The second kappa shape index (κ2) is 4.98. The quantitative estimate of drug-likeness (QED) is 0.842. The molecule has 1 heterocycles. The molecule has 0 unspecified atom stereocenters. The van der Waals surface area contributed by atoms with E-state index in [-0.39, 0.29) is 5.91 Å². The van der Waals surface area contributed by atoms with Gasteiger partial charge in [0.25, 0.3) is 0 Å². The van der Waals surface area contributed by atoms with Gasteiger partial charge in [-0.05, 0) is 38.9 Å². The van der Waals surface area contributed by atoms with Gasteiger partial charge in [0.05, 0.1) is 12.5 Å². The van der Waals surface area contributed by atoms with Gasteiger partial charge in [0.1, 0.15) is 5.75 Å². The zero-order valence-electron chi connectivity index (χ0n) is 11.0. The summed E-state index contributed by atoms with van der Waals surface area (Å²) in [5.74, 6) is 0.495. The summed E-state index contributed by atoms with van der Waals surface area (Å²) < 4.78 is 5.40. The van der Waals surface area contributed by atoms with Crippen LogP contribution in [-0.2, 0) is 10.2 Å². The highest BCUT2D eigenvalue weighted by molar-refractivity contribution is 5.88. The molecule has 0 saturated carbocycles. The van der Waals surface area contributed by atoms with Crippen LogP contribution in [0.2, 0.25) is 0 Å². The van der Waals surface area contributed by atoms with Gasteiger partial charge in [-0.25, -0.2) is 0 Å². The lowest BCUT2D eigenvalue weighted by molar-refractivity contribution is -0.124. The Balaban J connectivity index is 2.54. The van der Waals surface area contributed by atoms with Gasteiger partial charge >= 0.3 is 0 Å². The van der Waals surface area contributed by atoms with E-state index in [1.807, 2.05) is 25.1 Å². The lowest BCUT2D eigenvalue weighted by atomic mass is 9.72. The predicted octanol–water partition coefficient (Wildman–Crippen LogP) is 1.11. The van der Waals surface area contributed by atoms with Crippen LogP contribution in [-0.4, -0.2) is 26.1 Å². The molecule has 18 heavy (non-hydrogen) atoms. The zero-order chi connectivity index (χ0) is 13.2. The van der Waals surface area contributed by atoms with Gasteiger partial charge in [0, 0.05) is 5.56 Å². The molecule has 1 aromatic carbocycles. The summed E-state index contributed by atoms with van der Waals surface area (Å²) in [6.07, 6.45) is 1.45. The minimum Gasteiger partial charge on any atom is -0.496 e. The molecule has 0 aromatic heterocycles. The summed E-state index contributed by atoms with van der Waals surface area (Å²) in [7, 11) is 1.63. The number of rotatable bonds is 3. The Labute approximate surface area is 108 Å². The fourth-order valence-electron chi connectivity index (χ4n) is 2.70. The highest BCUT2D eigenvalue weighted by atomic mass is 16.5. The van der Waals surface area contributed by atoms with E-state index in [1.54, 1.807) is 7.11 Å². The third kappa shape index (κ3) is 2.08. The molecular weight excluding hydrogens is 228 g/mol. The van der Waals surface area contributed by atoms with E-state index in [0.29, 0.717) is 0 Å². The maximum atomic E-state index is 12.0. The maximum absolute atomic E-state index is 12.0. The number of amides is 1. The average Bonchev–Trinajstić information content (AvgIpc) is 2.39. The summed E-state index contributed by atoms with van der Waals surface area (Å²) in [4.78, 5) is 12.0. The first kappa shape index (κ1) is 12.9. The number of nitrogens with one attached hydrogen (secondary N) is 1. The monoisotopic (exact) mass is 248 g/mol. The predicted molar refractivity (Wildman–Crippen MR) is 70.7 cm³/mol. The lowest BCUT2D eigenvalue weighted by Gasteiger charge is -2.36. The van der Waals surface area contributed by atoms with Gasteiger partial charge in [-0.2, -0.15) is 0 Å². The van der Waals surface area contributed by atoms with Gasteiger partial charge in [0.2, 0.25) is 5.91 Å². The number of carbonyl (C=O) groups is 1. The molecule has 4 nitrogen and oxygen atoms in total. The lowest BCUT2D eigenvalue weighted by Crippen LogP contribution is -2.49. The van der Waals surface area contributed by atoms with E-state index in [4.69, 9.17) is 10.5 Å². The van der Waals surface area contributed by atoms with Crippen molar-refractivity contribution in [3.63, 3.8) is 0 Å². The molecule has 1 fully saturated rings. The molecule has 1 amide bonds. The number of methoxy groups -OCH3 is 1. The van der Waals surface area contributed by atoms with Gasteiger partial charge in [0.15, 0.2) is 0 Å². The average molecular weight is 248 g/mol. The second-order valence-corrected chi connectivity index (χ2v) is 4.90. The van der Waals surface area contributed by atoms with E-state index in [1.165, 1.54) is 0 Å². The molecule has 98 valence electrons. The Kier molecular flexibility index (Phi) is 3.57. The van der Waals surface area contributed by atoms with Gasteiger partial charge in [-0.3, -0.25) is 4.79 Å². The number of aryl methyl sites for hydroxylation is 1. The van der Waals surface area contributed by atoms with Crippen LogP contribution in [0.1, 0.15) is 24.0 Å². The van der Waals surface area contributed by atoms with Crippen LogP contribution in [0, 0.1) is 6.92 Å². The molecule has 1 aromatic rings. The van der Waals surface area contributed by atoms with E-state index in [2.05, 4.69) is 5.32 Å². The normalized spacial score (nSPS) is 18.3. The third-order valence-electron chi connectivity index (χ3n) is 3.80. The van der Waals surface area contributed by atoms with Crippen molar-refractivity contribution < 1.29 is 9.53 Å². The fraction of sp³-hybridized carbons (Fsp3) is 0.500. The molecule has 0 radical (unpaired) electrons. The number of primary amides is 1. The van der Waals surface area contributed by atoms with Crippen LogP contribution in [0.25, 0.3) is 0 Å². The highest BCUT2D eigenvalue weighted by Crippen LogP contribution is 2.39. The summed E-state index contributed by atoms with van der Waals surface area (Å²) in [5, 5.41) is 3.27. The van der Waals surface area contributed by atoms with Crippen LogP contribution in [0.15, 0.2) is 18.2 Å². The number of hydrogen-bond acceptors (Lipinski definition) is 3. The number of carbonyl (C=O) groups excluding carboxylic acids is 1. The largest absolute Gasteiger partial charge is 0.496 e. The molecule has 1 aliphatic rings. The zero-order valence-corrected chi connectivity index (χ0v) is 11.0. The van der Waals surface area contributed by atoms with E-state index < -0.39 is 5.41 Å². The van der Waals surface area contributed by atoms with Crippen molar-refractivity contribution in [3.8, 4) is 5.75 Å². The summed E-state index contributed by atoms with van der Waals surface area (Å²) in [5.41, 5.74) is 7.14. The summed E-state index contributed by atoms with van der Waals surface area (Å²) in [6.45, 7) is 3.62. The van der Waals surface area contributed by atoms with Crippen LogP contribution >= 0.6 is 0 Å². The van der Waals surface area contributed by atoms with Gasteiger partial charge < -0.3 is 15.8 Å². The molecule has 3 N–H and O–H groups in total.